The van der Waals surface area contributed by atoms with Crippen molar-refractivity contribution >= 4 is 27.7 Å². The minimum atomic E-state index is 0.321. The fourth-order valence-corrected chi connectivity index (χ4v) is 3.54. The van der Waals surface area contributed by atoms with Crippen molar-refractivity contribution in [3.63, 3.8) is 0 Å². The summed E-state index contributed by atoms with van der Waals surface area (Å²) in [5.41, 5.74) is 1.23. The van der Waals surface area contributed by atoms with Gasteiger partial charge in [0, 0.05) is 28.4 Å². The molecule has 0 radical (unpaired) electrons. The second-order valence-electron chi connectivity index (χ2n) is 4.26. The van der Waals surface area contributed by atoms with Gasteiger partial charge < -0.3 is 5.32 Å². The van der Waals surface area contributed by atoms with Crippen LogP contribution in [0.2, 0.25) is 0 Å². The zero-order valence-corrected chi connectivity index (χ0v) is 13.5. The molecule has 3 nitrogen and oxygen atoms in total. The van der Waals surface area contributed by atoms with Crippen LogP contribution in [0.25, 0.3) is 0 Å². The molecule has 1 aromatic heterocycles. The van der Waals surface area contributed by atoms with Gasteiger partial charge in [-0.25, -0.2) is 0 Å². The van der Waals surface area contributed by atoms with Crippen molar-refractivity contribution in [1.82, 2.24) is 15.1 Å². The Morgan fingerprint density at radius 2 is 2.26 bits per heavy atom. The molecule has 0 bridgehead atoms. The van der Waals surface area contributed by atoms with E-state index in [1.165, 1.54) is 10.6 Å². The van der Waals surface area contributed by atoms with Crippen molar-refractivity contribution in [1.29, 1.82) is 0 Å². The van der Waals surface area contributed by atoms with Crippen LogP contribution in [0, 0.1) is 0 Å². The number of hydrogen-bond acceptors (Lipinski definition) is 3. The molecular weight excluding hydrogens is 322 g/mol. The first kappa shape index (κ1) is 14.6. The number of rotatable bonds is 6. The largest absolute Gasteiger partial charge is 0.308 e. The summed E-state index contributed by atoms with van der Waals surface area (Å²) in [6, 6.07) is 10.8. The Labute approximate surface area is 126 Å². The van der Waals surface area contributed by atoms with E-state index >= 15 is 0 Å². The summed E-state index contributed by atoms with van der Waals surface area (Å²) in [5, 5.41) is 7.77. The highest BCUT2D eigenvalue weighted by atomic mass is 79.9. The van der Waals surface area contributed by atoms with Crippen molar-refractivity contribution < 1.29 is 0 Å². The SMILES string of the molecule is CCNC(CSc1cccc(Br)c1)c1ccnn1C. The predicted molar refractivity (Wildman–Crippen MR) is 84.5 cm³/mol. The molecule has 1 N–H and O–H groups in total. The van der Waals surface area contributed by atoms with E-state index in [9.17, 15) is 0 Å². The van der Waals surface area contributed by atoms with Crippen molar-refractivity contribution in [3.05, 3.63) is 46.7 Å². The van der Waals surface area contributed by atoms with Crippen LogP contribution in [-0.2, 0) is 7.05 Å². The maximum Gasteiger partial charge on any atom is 0.0587 e. The number of halogens is 1. The van der Waals surface area contributed by atoms with E-state index in [2.05, 4.69) is 57.5 Å². The molecule has 1 aromatic carbocycles. The highest BCUT2D eigenvalue weighted by Crippen LogP contribution is 2.26. The first-order valence-electron chi connectivity index (χ1n) is 6.30. The number of aromatic nitrogens is 2. The quantitative estimate of drug-likeness (QED) is 0.815. The monoisotopic (exact) mass is 339 g/mol. The fraction of sp³-hybridized carbons (Fsp3) is 0.357. The van der Waals surface area contributed by atoms with Crippen LogP contribution in [0.15, 0.2) is 45.9 Å². The molecule has 0 amide bonds. The molecule has 102 valence electrons. The van der Waals surface area contributed by atoms with E-state index in [1.54, 1.807) is 0 Å². The third kappa shape index (κ3) is 4.09. The molecular formula is C14H18BrN3S. The summed E-state index contributed by atoms with van der Waals surface area (Å²) in [7, 11) is 1.99. The number of thioether (sulfide) groups is 1. The van der Waals surface area contributed by atoms with Gasteiger partial charge in [0.25, 0.3) is 0 Å². The van der Waals surface area contributed by atoms with E-state index in [-0.39, 0.29) is 0 Å². The Morgan fingerprint density at radius 1 is 1.42 bits per heavy atom. The molecule has 0 aliphatic heterocycles. The summed E-state index contributed by atoms with van der Waals surface area (Å²) in [6.07, 6.45) is 1.85. The molecule has 0 saturated heterocycles. The third-order valence-electron chi connectivity index (χ3n) is 2.88. The van der Waals surface area contributed by atoms with Gasteiger partial charge in [0.2, 0.25) is 0 Å². The Bertz CT molecular complexity index is 527. The summed E-state index contributed by atoms with van der Waals surface area (Å²) in [5.74, 6) is 0.990. The minimum absolute atomic E-state index is 0.321. The summed E-state index contributed by atoms with van der Waals surface area (Å²) < 4.78 is 3.06. The average Bonchev–Trinajstić information content (AvgIpc) is 2.81. The molecule has 2 rings (SSSR count). The van der Waals surface area contributed by atoms with Crippen molar-refractivity contribution in [2.24, 2.45) is 7.05 Å². The van der Waals surface area contributed by atoms with E-state index in [0.717, 1.165) is 16.8 Å². The van der Waals surface area contributed by atoms with Gasteiger partial charge in [0.1, 0.15) is 0 Å². The predicted octanol–water partition coefficient (Wildman–Crippen LogP) is 3.63. The average molecular weight is 340 g/mol. The van der Waals surface area contributed by atoms with Crippen molar-refractivity contribution in [2.75, 3.05) is 12.3 Å². The maximum absolute atomic E-state index is 4.25. The number of aryl methyl sites for hydroxylation is 1. The van der Waals surface area contributed by atoms with E-state index in [4.69, 9.17) is 0 Å². The Hall–Kier alpha value is -0.780. The first-order chi connectivity index (χ1) is 9.20. The number of nitrogens with one attached hydrogen (secondary N) is 1. The molecule has 1 atom stereocenters. The molecule has 1 unspecified atom stereocenters. The van der Waals surface area contributed by atoms with Crippen LogP contribution in [0.4, 0.5) is 0 Å². The molecule has 2 aromatic rings. The lowest BCUT2D eigenvalue weighted by Crippen LogP contribution is -2.25. The molecule has 1 heterocycles. The van der Waals surface area contributed by atoms with Crippen LogP contribution in [0.1, 0.15) is 18.7 Å². The fourth-order valence-electron chi connectivity index (χ4n) is 1.96. The molecule has 0 aliphatic carbocycles. The lowest BCUT2D eigenvalue weighted by Gasteiger charge is -2.17. The van der Waals surface area contributed by atoms with Crippen molar-refractivity contribution in [3.8, 4) is 0 Å². The van der Waals surface area contributed by atoms with Crippen LogP contribution >= 0.6 is 27.7 Å². The van der Waals surface area contributed by atoms with Crippen molar-refractivity contribution in [2.45, 2.75) is 17.9 Å². The number of hydrogen-bond donors (Lipinski definition) is 1. The van der Waals surface area contributed by atoms with Crippen LogP contribution in [0.3, 0.4) is 0 Å². The Kier molecular flexibility index (Phi) is 5.48. The number of nitrogens with zero attached hydrogens (tertiary/aromatic N) is 2. The zero-order chi connectivity index (χ0) is 13.7. The molecule has 5 heteroatoms. The lowest BCUT2D eigenvalue weighted by molar-refractivity contribution is 0.553. The summed E-state index contributed by atoms with van der Waals surface area (Å²) in [4.78, 5) is 1.28. The van der Waals surface area contributed by atoms with E-state index < -0.39 is 0 Å². The topological polar surface area (TPSA) is 29.9 Å². The van der Waals surface area contributed by atoms with Gasteiger partial charge in [0.05, 0.1) is 11.7 Å². The Morgan fingerprint density at radius 3 is 2.89 bits per heavy atom. The smallest absolute Gasteiger partial charge is 0.0587 e. The maximum atomic E-state index is 4.25. The Balaban J connectivity index is 2.04. The van der Waals surface area contributed by atoms with Gasteiger partial charge in [-0.1, -0.05) is 28.9 Å². The molecule has 0 aliphatic rings. The van der Waals surface area contributed by atoms with Gasteiger partial charge in [-0.15, -0.1) is 11.8 Å². The second kappa shape index (κ2) is 7.12. The third-order valence-corrected chi connectivity index (χ3v) is 4.46. The van der Waals surface area contributed by atoms with Gasteiger partial charge in [-0.2, -0.15) is 5.10 Å². The molecule has 0 saturated carbocycles. The van der Waals surface area contributed by atoms with Gasteiger partial charge in [-0.3, -0.25) is 4.68 Å². The van der Waals surface area contributed by atoms with Crippen LogP contribution in [0.5, 0.6) is 0 Å². The lowest BCUT2D eigenvalue weighted by atomic mass is 10.2. The normalized spacial score (nSPS) is 12.6. The highest BCUT2D eigenvalue weighted by Gasteiger charge is 2.14. The molecule has 0 spiro atoms. The van der Waals surface area contributed by atoms with Gasteiger partial charge in [-0.05, 0) is 30.8 Å². The highest BCUT2D eigenvalue weighted by molar-refractivity contribution is 9.10. The molecule has 19 heavy (non-hydrogen) atoms. The van der Waals surface area contributed by atoms with Crippen LogP contribution in [-0.4, -0.2) is 22.1 Å². The summed E-state index contributed by atoms with van der Waals surface area (Å²) >= 11 is 5.36. The first-order valence-corrected chi connectivity index (χ1v) is 8.08. The minimum Gasteiger partial charge on any atom is -0.308 e. The number of benzene rings is 1. The van der Waals surface area contributed by atoms with Gasteiger partial charge >= 0.3 is 0 Å². The zero-order valence-electron chi connectivity index (χ0n) is 11.1. The van der Waals surface area contributed by atoms with Gasteiger partial charge in [0.15, 0.2) is 0 Å². The van der Waals surface area contributed by atoms with E-state index in [1.807, 2.05) is 35.8 Å². The second-order valence-corrected chi connectivity index (χ2v) is 6.27. The standard InChI is InChI=1S/C14H18BrN3S/c1-3-16-13(14-7-8-17-18(14)2)10-19-12-6-4-5-11(15)9-12/h4-9,13,16H,3,10H2,1-2H3. The summed E-state index contributed by atoms with van der Waals surface area (Å²) in [6.45, 7) is 3.09. The van der Waals surface area contributed by atoms with E-state index in [0.29, 0.717) is 6.04 Å². The molecule has 0 fully saturated rings. The van der Waals surface area contributed by atoms with Crippen LogP contribution < -0.4 is 5.32 Å².